The SMILES string of the molecule is CC(=O)N(Cc1ccc[nH]1)c1ccccc1. The number of nitrogens with one attached hydrogen (secondary N) is 1. The molecule has 1 amide bonds. The Kier molecular flexibility index (Phi) is 3.05. The van der Waals surface area contributed by atoms with Gasteiger partial charge in [-0.3, -0.25) is 4.79 Å². The van der Waals surface area contributed by atoms with Gasteiger partial charge in [0.2, 0.25) is 5.91 Å². The van der Waals surface area contributed by atoms with E-state index < -0.39 is 0 Å². The molecule has 82 valence electrons. The molecule has 0 aliphatic rings. The molecule has 16 heavy (non-hydrogen) atoms. The predicted molar refractivity (Wildman–Crippen MR) is 64.1 cm³/mol. The van der Waals surface area contributed by atoms with Gasteiger partial charge in [-0.05, 0) is 24.3 Å². The number of hydrogen-bond acceptors (Lipinski definition) is 1. The van der Waals surface area contributed by atoms with Gasteiger partial charge in [0.15, 0.2) is 0 Å². The first-order valence-electron chi connectivity index (χ1n) is 5.23. The van der Waals surface area contributed by atoms with Gasteiger partial charge >= 0.3 is 0 Å². The molecule has 2 rings (SSSR count). The Morgan fingerprint density at radius 2 is 1.94 bits per heavy atom. The third kappa shape index (κ3) is 2.31. The normalized spacial score (nSPS) is 10.1. The average molecular weight is 214 g/mol. The van der Waals surface area contributed by atoms with Crippen molar-refractivity contribution >= 4 is 11.6 Å². The van der Waals surface area contributed by atoms with Crippen LogP contribution in [-0.2, 0) is 11.3 Å². The first-order chi connectivity index (χ1) is 7.77. The summed E-state index contributed by atoms with van der Waals surface area (Å²) < 4.78 is 0. The zero-order chi connectivity index (χ0) is 11.4. The van der Waals surface area contributed by atoms with E-state index in [1.807, 2.05) is 48.7 Å². The number of H-pyrrole nitrogens is 1. The van der Waals surface area contributed by atoms with Crippen LogP contribution in [0.4, 0.5) is 5.69 Å². The van der Waals surface area contributed by atoms with Gasteiger partial charge in [0, 0.05) is 24.5 Å². The number of aromatic amines is 1. The fourth-order valence-electron chi connectivity index (χ4n) is 1.63. The second-order valence-electron chi connectivity index (χ2n) is 3.64. The molecule has 3 heteroatoms. The Morgan fingerprint density at radius 1 is 1.19 bits per heavy atom. The highest BCUT2D eigenvalue weighted by molar-refractivity contribution is 5.91. The van der Waals surface area contributed by atoms with E-state index in [1.165, 1.54) is 0 Å². The second-order valence-corrected chi connectivity index (χ2v) is 3.64. The monoisotopic (exact) mass is 214 g/mol. The van der Waals surface area contributed by atoms with Crippen molar-refractivity contribution in [2.75, 3.05) is 4.90 Å². The minimum absolute atomic E-state index is 0.0424. The van der Waals surface area contributed by atoms with Crippen LogP contribution in [0.15, 0.2) is 48.7 Å². The van der Waals surface area contributed by atoms with Crippen molar-refractivity contribution < 1.29 is 4.79 Å². The second kappa shape index (κ2) is 4.66. The van der Waals surface area contributed by atoms with Gasteiger partial charge in [-0.25, -0.2) is 0 Å². The van der Waals surface area contributed by atoms with Crippen LogP contribution in [0.25, 0.3) is 0 Å². The van der Waals surface area contributed by atoms with Gasteiger partial charge in [-0.1, -0.05) is 18.2 Å². The molecular weight excluding hydrogens is 200 g/mol. The Balaban J connectivity index is 2.22. The maximum atomic E-state index is 11.6. The van der Waals surface area contributed by atoms with Crippen LogP contribution in [0.1, 0.15) is 12.6 Å². The molecule has 1 N–H and O–H groups in total. The molecule has 2 aromatic rings. The number of carbonyl (C=O) groups is 1. The van der Waals surface area contributed by atoms with E-state index in [2.05, 4.69) is 4.98 Å². The maximum Gasteiger partial charge on any atom is 0.224 e. The highest BCUT2D eigenvalue weighted by atomic mass is 16.2. The molecule has 1 aromatic carbocycles. The van der Waals surface area contributed by atoms with Gasteiger partial charge in [0.1, 0.15) is 0 Å². The highest BCUT2D eigenvalue weighted by Crippen LogP contribution is 2.16. The van der Waals surface area contributed by atoms with Gasteiger partial charge in [-0.2, -0.15) is 0 Å². The summed E-state index contributed by atoms with van der Waals surface area (Å²) in [5, 5.41) is 0. The molecule has 1 aromatic heterocycles. The summed E-state index contributed by atoms with van der Waals surface area (Å²) in [6.45, 7) is 2.16. The van der Waals surface area contributed by atoms with Gasteiger partial charge in [0.05, 0.1) is 6.54 Å². The van der Waals surface area contributed by atoms with Gasteiger partial charge in [-0.15, -0.1) is 0 Å². The lowest BCUT2D eigenvalue weighted by Gasteiger charge is -2.20. The summed E-state index contributed by atoms with van der Waals surface area (Å²) in [6.07, 6.45) is 1.86. The van der Waals surface area contributed by atoms with E-state index in [9.17, 15) is 4.79 Å². The summed E-state index contributed by atoms with van der Waals surface area (Å²) in [5.41, 5.74) is 1.95. The molecule has 0 spiro atoms. The number of benzene rings is 1. The number of amides is 1. The zero-order valence-corrected chi connectivity index (χ0v) is 9.18. The summed E-state index contributed by atoms with van der Waals surface area (Å²) in [4.78, 5) is 16.4. The van der Waals surface area contributed by atoms with Crippen molar-refractivity contribution in [2.24, 2.45) is 0 Å². The lowest BCUT2D eigenvalue weighted by atomic mass is 10.2. The number of nitrogens with zero attached hydrogens (tertiary/aromatic N) is 1. The van der Waals surface area contributed by atoms with Crippen LogP contribution >= 0.6 is 0 Å². The highest BCUT2D eigenvalue weighted by Gasteiger charge is 2.11. The summed E-state index contributed by atoms with van der Waals surface area (Å²) in [7, 11) is 0. The number of aromatic nitrogens is 1. The maximum absolute atomic E-state index is 11.6. The topological polar surface area (TPSA) is 36.1 Å². The summed E-state index contributed by atoms with van der Waals surface area (Å²) in [6, 6.07) is 13.6. The molecule has 3 nitrogen and oxygen atoms in total. The van der Waals surface area contributed by atoms with E-state index in [1.54, 1.807) is 11.8 Å². The number of carbonyl (C=O) groups excluding carboxylic acids is 1. The average Bonchev–Trinajstić information content (AvgIpc) is 2.79. The van der Waals surface area contributed by atoms with Crippen molar-refractivity contribution in [1.29, 1.82) is 0 Å². The summed E-state index contributed by atoms with van der Waals surface area (Å²) in [5.74, 6) is 0.0424. The van der Waals surface area contributed by atoms with Crippen molar-refractivity contribution in [3.8, 4) is 0 Å². The number of hydrogen-bond donors (Lipinski definition) is 1. The third-order valence-corrected chi connectivity index (χ3v) is 2.44. The molecule has 0 aliphatic carbocycles. The Morgan fingerprint density at radius 3 is 2.50 bits per heavy atom. The van der Waals surface area contributed by atoms with Crippen molar-refractivity contribution in [2.45, 2.75) is 13.5 Å². The lowest BCUT2D eigenvalue weighted by Crippen LogP contribution is -2.27. The lowest BCUT2D eigenvalue weighted by molar-refractivity contribution is -0.116. The van der Waals surface area contributed by atoms with Crippen LogP contribution in [0.5, 0.6) is 0 Å². The van der Waals surface area contributed by atoms with Crippen LogP contribution in [0, 0.1) is 0 Å². The third-order valence-electron chi connectivity index (χ3n) is 2.44. The molecule has 0 saturated heterocycles. The minimum Gasteiger partial charge on any atom is -0.364 e. The Bertz CT molecular complexity index is 448. The zero-order valence-electron chi connectivity index (χ0n) is 9.18. The van der Waals surface area contributed by atoms with Crippen LogP contribution in [0.3, 0.4) is 0 Å². The van der Waals surface area contributed by atoms with E-state index in [4.69, 9.17) is 0 Å². The quantitative estimate of drug-likeness (QED) is 0.837. The van der Waals surface area contributed by atoms with E-state index >= 15 is 0 Å². The van der Waals surface area contributed by atoms with Gasteiger partial charge in [0.25, 0.3) is 0 Å². The largest absolute Gasteiger partial charge is 0.364 e. The van der Waals surface area contributed by atoms with Crippen LogP contribution < -0.4 is 4.90 Å². The first-order valence-corrected chi connectivity index (χ1v) is 5.23. The van der Waals surface area contributed by atoms with Gasteiger partial charge < -0.3 is 9.88 Å². The molecule has 0 atom stereocenters. The molecule has 0 saturated carbocycles. The molecule has 0 aliphatic heterocycles. The Labute approximate surface area is 94.7 Å². The van der Waals surface area contributed by atoms with E-state index in [0.717, 1.165) is 11.4 Å². The predicted octanol–water partition coefficient (Wildman–Crippen LogP) is 2.57. The fraction of sp³-hybridized carbons (Fsp3) is 0.154. The number of anilines is 1. The number of para-hydroxylation sites is 1. The van der Waals surface area contributed by atoms with Crippen LogP contribution in [0.2, 0.25) is 0 Å². The van der Waals surface area contributed by atoms with E-state index in [-0.39, 0.29) is 5.91 Å². The van der Waals surface area contributed by atoms with Crippen LogP contribution in [-0.4, -0.2) is 10.9 Å². The molecule has 0 fully saturated rings. The smallest absolute Gasteiger partial charge is 0.224 e. The molecule has 0 bridgehead atoms. The molecule has 0 unspecified atom stereocenters. The van der Waals surface area contributed by atoms with Crippen molar-refractivity contribution in [1.82, 2.24) is 4.98 Å². The molecule has 0 radical (unpaired) electrons. The van der Waals surface area contributed by atoms with E-state index in [0.29, 0.717) is 6.54 Å². The van der Waals surface area contributed by atoms with Crippen molar-refractivity contribution in [3.05, 3.63) is 54.4 Å². The van der Waals surface area contributed by atoms with Crippen molar-refractivity contribution in [3.63, 3.8) is 0 Å². The Hall–Kier alpha value is -2.03. The molecular formula is C13H14N2O. The standard InChI is InChI=1S/C13H14N2O/c1-11(16)15(10-12-6-5-9-14-12)13-7-3-2-4-8-13/h2-9,14H,10H2,1H3. The minimum atomic E-state index is 0.0424. The fourth-order valence-corrected chi connectivity index (χ4v) is 1.63. The number of rotatable bonds is 3. The summed E-state index contributed by atoms with van der Waals surface area (Å²) >= 11 is 0. The first kappa shape index (κ1) is 10.5. The molecule has 1 heterocycles.